The van der Waals surface area contributed by atoms with Crippen molar-refractivity contribution in [1.82, 2.24) is 0 Å². The summed E-state index contributed by atoms with van der Waals surface area (Å²) < 4.78 is 0. The summed E-state index contributed by atoms with van der Waals surface area (Å²) in [6.45, 7) is 1.66. The third kappa shape index (κ3) is 6.20. The number of carbonyl (C=O) groups is 1. The molecule has 0 radical (unpaired) electrons. The second-order valence-corrected chi connectivity index (χ2v) is 5.50. The first-order valence-electron chi connectivity index (χ1n) is 2.62. The van der Waals surface area contributed by atoms with Gasteiger partial charge in [0.05, 0.1) is 0 Å². The molecule has 0 unspecified atom stereocenters. The van der Waals surface area contributed by atoms with Crippen molar-refractivity contribution in [2.24, 2.45) is 0 Å². The Hall–Kier alpha value is 0.202. The van der Waals surface area contributed by atoms with Crippen molar-refractivity contribution in [3.8, 4) is 0 Å². The molecule has 2 heteroatoms. The fourth-order valence-electron chi connectivity index (χ4n) is 0.575. The molecule has 0 aromatic heterocycles. The van der Waals surface area contributed by atoms with Gasteiger partial charge >= 0.3 is 0 Å². The summed E-state index contributed by atoms with van der Waals surface area (Å²) in [6, 6.07) is 0. The Morgan fingerprint density at radius 1 is 1.57 bits per heavy atom. The first kappa shape index (κ1) is 7.20. The van der Waals surface area contributed by atoms with Crippen LogP contribution in [-0.4, -0.2) is 19.9 Å². The highest BCUT2D eigenvalue weighted by molar-refractivity contribution is 6.59. The zero-order valence-electron chi connectivity index (χ0n) is 5.19. The summed E-state index contributed by atoms with van der Waals surface area (Å²) in [7, 11) is 0. The van der Waals surface area contributed by atoms with Crippen molar-refractivity contribution in [1.29, 1.82) is 0 Å². The molecule has 0 aromatic carbocycles. The molecule has 0 aliphatic rings. The molecule has 0 saturated heterocycles. The van der Waals surface area contributed by atoms with Crippen molar-refractivity contribution >= 4 is 19.9 Å². The van der Waals surface area contributed by atoms with Crippen LogP contribution in [0.4, 0.5) is 0 Å². The first-order valence-corrected chi connectivity index (χ1v) is 5.75. The summed E-state index contributed by atoms with van der Waals surface area (Å²) >= 11 is -0.578. The lowest BCUT2D eigenvalue weighted by molar-refractivity contribution is -0.115. The average Bonchev–Trinajstić information content (AvgIpc) is 1.27. The van der Waals surface area contributed by atoms with E-state index in [4.69, 9.17) is 0 Å². The molecule has 1 nitrogen and oxygen atoms in total. The van der Waals surface area contributed by atoms with Crippen LogP contribution < -0.4 is 0 Å². The summed E-state index contributed by atoms with van der Waals surface area (Å²) in [5, 5.41) is 0.861. The lowest BCUT2D eigenvalue weighted by Crippen LogP contribution is -2.04. The molecule has 0 atom stereocenters. The van der Waals surface area contributed by atoms with Crippen LogP contribution in [0.15, 0.2) is 0 Å². The molecule has 0 aliphatic carbocycles. The molecule has 0 fully saturated rings. The standard InChI is InChI=1S/C3H5O.2CH3.Al/c1-3(2)4;;;/h1H2,2H3;2*1H3;. The quantitative estimate of drug-likeness (QED) is 0.495. The van der Waals surface area contributed by atoms with Crippen molar-refractivity contribution in [2.45, 2.75) is 23.8 Å². The molecular weight excluding hydrogens is 103 g/mol. The van der Waals surface area contributed by atoms with Gasteiger partial charge in [-0.2, -0.15) is 0 Å². The molecule has 0 heterocycles. The van der Waals surface area contributed by atoms with E-state index < -0.39 is 14.1 Å². The minimum absolute atomic E-state index is 0.349. The number of ketones is 1. The van der Waals surface area contributed by atoms with Crippen molar-refractivity contribution < 1.29 is 4.79 Å². The number of carbonyl (C=O) groups excluding carboxylic acids is 1. The topological polar surface area (TPSA) is 17.1 Å². The number of rotatable bonds is 2. The second kappa shape index (κ2) is 3.24. The van der Waals surface area contributed by atoms with Gasteiger partial charge in [0.25, 0.3) is 14.1 Å². The van der Waals surface area contributed by atoms with E-state index in [1.165, 1.54) is 0 Å². The van der Waals surface area contributed by atoms with Crippen LogP contribution in [0.1, 0.15) is 6.92 Å². The highest BCUT2D eigenvalue weighted by Gasteiger charge is 2.02. The third-order valence-corrected chi connectivity index (χ3v) is 2.09. The predicted molar refractivity (Wildman–Crippen MR) is 33.0 cm³/mol. The van der Waals surface area contributed by atoms with Gasteiger partial charge in [0.2, 0.25) is 0 Å². The van der Waals surface area contributed by atoms with Crippen LogP contribution in [0.25, 0.3) is 0 Å². The lowest BCUT2D eigenvalue weighted by atomic mass is 10.5. The molecular formula is C5H11AlO. The summed E-state index contributed by atoms with van der Waals surface area (Å²) in [4.78, 5) is 10.3. The van der Waals surface area contributed by atoms with E-state index in [0.717, 1.165) is 5.28 Å². The van der Waals surface area contributed by atoms with Gasteiger partial charge in [-0.15, -0.1) is 11.6 Å². The smallest absolute Gasteiger partial charge is 0.265 e. The van der Waals surface area contributed by atoms with Crippen LogP contribution in [0.5, 0.6) is 0 Å². The van der Waals surface area contributed by atoms with Gasteiger partial charge in [-0.3, -0.25) is 0 Å². The van der Waals surface area contributed by atoms with Crippen molar-refractivity contribution in [3.05, 3.63) is 0 Å². The molecule has 0 spiro atoms. The van der Waals surface area contributed by atoms with Crippen molar-refractivity contribution in [3.63, 3.8) is 0 Å². The molecule has 0 aromatic rings. The van der Waals surface area contributed by atoms with Gasteiger partial charge in [0.1, 0.15) is 5.78 Å². The van der Waals surface area contributed by atoms with Crippen LogP contribution in [0.2, 0.25) is 16.9 Å². The zero-order valence-corrected chi connectivity index (χ0v) is 6.35. The molecule has 0 N–H and O–H groups in total. The Balaban J connectivity index is 3.13. The number of hydrogen-bond acceptors (Lipinski definition) is 1. The largest absolute Gasteiger partial charge is 0.301 e. The second-order valence-electron chi connectivity index (χ2n) is 2.30. The SMILES string of the molecule is CC(=O)[CH2][Al]([CH3])[CH3]. The molecule has 0 aliphatic heterocycles. The Morgan fingerprint density at radius 3 is 2.00 bits per heavy atom. The third-order valence-electron chi connectivity index (χ3n) is 0.696. The molecule has 0 amide bonds. The maximum atomic E-state index is 10.3. The van der Waals surface area contributed by atoms with E-state index in [2.05, 4.69) is 11.6 Å². The maximum Gasteiger partial charge on any atom is 0.265 e. The number of hydrogen-bond donors (Lipinski definition) is 0. The van der Waals surface area contributed by atoms with Gasteiger partial charge < -0.3 is 4.79 Å². The van der Waals surface area contributed by atoms with E-state index in [0.29, 0.717) is 5.78 Å². The van der Waals surface area contributed by atoms with Crippen molar-refractivity contribution in [2.75, 3.05) is 0 Å². The fourth-order valence-corrected chi connectivity index (χ4v) is 1.72. The van der Waals surface area contributed by atoms with Gasteiger partial charge in [0.15, 0.2) is 0 Å². The summed E-state index contributed by atoms with van der Waals surface area (Å²) in [5.41, 5.74) is 0. The highest BCUT2D eigenvalue weighted by atomic mass is 27.2. The van der Waals surface area contributed by atoms with E-state index in [-0.39, 0.29) is 0 Å². The van der Waals surface area contributed by atoms with Gasteiger partial charge in [-0.05, 0) is 12.2 Å². The minimum Gasteiger partial charge on any atom is -0.301 e. The Morgan fingerprint density at radius 2 is 2.00 bits per heavy atom. The van der Waals surface area contributed by atoms with Gasteiger partial charge in [-0.1, -0.05) is 0 Å². The predicted octanol–water partition coefficient (Wildman–Crippen LogP) is 1.33. The Labute approximate surface area is 49.1 Å². The summed E-state index contributed by atoms with van der Waals surface area (Å²) in [5.74, 6) is 4.71. The monoisotopic (exact) mass is 114 g/mol. The summed E-state index contributed by atoms with van der Waals surface area (Å²) in [6.07, 6.45) is 0. The average molecular weight is 114 g/mol. The van der Waals surface area contributed by atoms with E-state index in [1.807, 2.05) is 0 Å². The molecule has 0 bridgehead atoms. The van der Waals surface area contributed by atoms with Crippen LogP contribution in [0.3, 0.4) is 0 Å². The van der Waals surface area contributed by atoms with Gasteiger partial charge in [0, 0.05) is 0 Å². The fraction of sp³-hybridized carbons (Fsp3) is 0.800. The normalized spacial score (nSPS) is 8.43. The first-order chi connectivity index (χ1) is 3.13. The highest BCUT2D eigenvalue weighted by Crippen LogP contribution is 1.89. The molecule has 40 valence electrons. The Kier molecular flexibility index (Phi) is 3.33. The Bertz CT molecular complexity index is 68.5. The molecule has 7 heavy (non-hydrogen) atoms. The van der Waals surface area contributed by atoms with Crippen LogP contribution in [0, 0.1) is 0 Å². The van der Waals surface area contributed by atoms with Gasteiger partial charge in [-0.25, -0.2) is 0 Å². The maximum absolute atomic E-state index is 10.3. The zero-order chi connectivity index (χ0) is 5.86. The molecule has 0 rings (SSSR count). The lowest BCUT2D eigenvalue weighted by Gasteiger charge is -1.88. The number of Topliss-reactive ketones (excluding diaryl/α,β-unsaturated/α-hetero) is 1. The van der Waals surface area contributed by atoms with E-state index >= 15 is 0 Å². The minimum atomic E-state index is -0.578. The van der Waals surface area contributed by atoms with Crippen LogP contribution in [-0.2, 0) is 4.79 Å². The van der Waals surface area contributed by atoms with E-state index in [9.17, 15) is 4.79 Å². The van der Waals surface area contributed by atoms with E-state index in [1.54, 1.807) is 6.92 Å². The molecule has 0 saturated carbocycles. The van der Waals surface area contributed by atoms with Crippen LogP contribution >= 0.6 is 0 Å².